The smallest absolute Gasteiger partial charge is 0.222 e. The number of nitrogens with one attached hydrogen (secondary N) is 1. The Bertz CT molecular complexity index is 384. The molecule has 1 saturated carbocycles. The lowest BCUT2D eigenvalue weighted by Crippen LogP contribution is -2.43. The van der Waals surface area contributed by atoms with E-state index in [9.17, 15) is 9.59 Å². The van der Waals surface area contributed by atoms with Crippen molar-refractivity contribution in [1.29, 1.82) is 0 Å². The molecule has 1 aliphatic heterocycles. The summed E-state index contributed by atoms with van der Waals surface area (Å²) in [7, 11) is 0. The molecule has 4 heteroatoms. The maximum absolute atomic E-state index is 12.3. The van der Waals surface area contributed by atoms with Crippen LogP contribution in [0.25, 0.3) is 0 Å². The second-order valence-electron chi connectivity index (χ2n) is 7.20. The average Bonchev–Trinajstić information content (AvgIpc) is 2.87. The van der Waals surface area contributed by atoms with Crippen LogP contribution in [-0.2, 0) is 9.59 Å². The van der Waals surface area contributed by atoms with Gasteiger partial charge in [0.05, 0.1) is 6.04 Å². The van der Waals surface area contributed by atoms with Gasteiger partial charge in [-0.15, -0.1) is 0 Å². The van der Waals surface area contributed by atoms with Crippen molar-refractivity contribution in [2.24, 2.45) is 0 Å². The molecule has 4 nitrogen and oxygen atoms in total. The summed E-state index contributed by atoms with van der Waals surface area (Å²) < 4.78 is 0. The predicted molar refractivity (Wildman–Crippen MR) is 93.4 cm³/mol. The van der Waals surface area contributed by atoms with Gasteiger partial charge in [0.25, 0.3) is 0 Å². The van der Waals surface area contributed by atoms with E-state index in [4.69, 9.17) is 0 Å². The molecule has 1 N–H and O–H groups in total. The SMILES string of the molecule is CCCC(CCNC1CCCCCC1=O)N1CCCCCC1=O. The van der Waals surface area contributed by atoms with Gasteiger partial charge in [-0.2, -0.15) is 0 Å². The molecule has 1 amide bonds. The van der Waals surface area contributed by atoms with Gasteiger partial charge in [0.1, 0.15) is 5.78 Å². The van der Waals surface area contributed by atoms with E-state index < -0.39 is 0 Å². The van der Waals surface area contributed by atoms with Gasteiger partial charge in [-0.25, -0.2) is 0 Å². The lowest BCUT2D eigenvalue weighted by atomic mass is 10.0. The van der Waals surface area contributed by atoms with Crippen LogP contribution in [0.4, 0.5) is 0 Å². The summed E-state index contributed by atoms with van der Waals surface area (Å²) in [4.78, 5) is 26.6. The zero-order chi connectivity index (χ0) is 16.5. The molecule has 0 radical (unpaired) electrons. The normalized spacial score (nSPS) is 25.1. The Balaban J connectivity index is 1.83. The Labute approximate surface area is 141 Å². The lowest BCUT2D eigenvalue weighted by molar-refractivity contribution is -0.133. The van der Waals surface area contributed by atoms with E-state index in [1.54, 1.807) is 0 Å². The van der Waals surface area contributed by atoms with Crippen molar-refractivity contribution < 1.29 is 9.59 Å². The minimum atomic E-state index is 0.0552. The third-order valence-corrected chi connectivity index (χ3v) is 5.35. The van der Waals surface area contributed by atoms with E-state index in [1.807, 2.05) is 0 Å². The van der Waals surface area contributed by atoms with Gasteiger partial charge in [-0.3, -0.25) is 9.59 Å². The molecule has 2 rings (SSSR count). The summed E-state index contributed by atoms with van der Waals surface area (Å²) in [5, 5.41) is 3.48. The first-order valence-corrected chi connectivity index (χ1v) is 9.78. The highest BCUT2D eigenvalue weighted by Crippen LogP contribution is 2.19. The first-order chi connectivity index (χ1) is 11.2. The summed E-state index contributed by atoms with van der Waals surface area (Å²) in [5.41, 5.74) is 0. The Morgan fingerprint density at radius 2 is 1.83 bits per heavy atom. The van der Waals surface area contributed by atoms with Crippen LogP contribution in [0.3, 0.4) is 0 Å². The van der Waals surface area contributed by atoms with Gasteiger partial charge in [-0.05, 0) is 45.1 Å². The molecule has 0 bridgehead atoms. The molecule has 1 heterocycles. The third-order valence-electron chi connectivity index (χ3n) is 5.35. The fourth-order valence-electron chi connectivity index (χ4n) is 3.98. The van der Waals surface area contributed by atoms with Crippen LogP contribution in [0.15, 0.2) is 0 Å². The van der Waals surface area contributed by atoms with Crippen molar-refractivity contribution in [1.82, 2.24) is 10.2 Å². The number of hydrogen-bond acceptors (Lipinski definition) is 3. The molecule has 2 fully saturated rings. The number of rotatable bonds is 7. The van der Waals surface area contributed by atoms with Gasteiger partial charge in [0, 0.05) is 25.4 Å². The van der Waals surface area contributed by atoms with Crippen molar-refractivity contribution in [2.75, 3.05) is 13.1 Å². The molecule has 2 aliphatic rings. The zero-order valence-corrected chi connectivity index (χ0v) is 14.8. The minimum absolute atomic E-state index is 0.0552. The predicted octanol–water partition coefficient (Wildman–Crippen LogP) is 3.44. The summed E-state index contributed by atoms with van der Waals surface area (Å²) in [5.74, 6) is 0.729. The maximum Gasteiger partial charge on any atom is 0.222 e. The van der Waals surface area contributed by atoms with E-state index in [1.165, 1.54) is 12.8 Å². The number of carbonyl (C=O) groups excluding carboxylic acids is 2. The number of nitrogens with zero attached hydrogens (tertiary/aromatic N) is 1. The fourth-order valence-corrected chi connectivity index (χ4v) is 3.98. The zero-order valence-electron chi connectivity index (χ0n) is 14.8. The van der Waals surface area contributed by atoms with Crippen LogP contribution < -0.4 is 5.32 Å². The van der Waals surface area contributed by atoms with Gasteiger partial charge in [-0.1, -0.05) is 32.6 Å². The van der Waals surface area contributed by atoms with Gasteiger partial charge in [0.15, 0.2) is 0 Å². The Morgan fingerprint density at radius 3 is 2.65 bits per heavy atom. The lowest BCUT2D eigenvalue weighted by Gasteiger charge is -2.31. The largest absolute Gasteiger partial charge is 0.340 e. The summed E-state index contributed by atoms with van der Waals surface area (Å²) >= 11 is 0. The summed E-state index contributed by atoms with van der Waals surface area (Å²) in [6.07, 6.45) is 12.4. The molecule has 0 aromatic carbocycles. The van der Waals surface area contributed by atoms with Crippen LogP contribution in [0.2, 0.25) is 0 Å². The monoisotopic (exact) mass is 322 g/mol. The van der Waals surface area contributed by atoms with Crippen LogP contribution in [0.5, 0.6) is 0 Å². The molecule has 0 aromatic heterocycles. The maximum atomic E-state index is 12.3. The van der Waals surface area contributed by atoms with Crippen LogP contribution >= 0.6 is 0 Å². The highest BCUT2D eigenvalue weighted by molar-refractivity contribution is 5.84. The summed E-state index contributed by atoms with van der Waals surface area (Å²) in [6, 6.07) is 0.401. The highest BCUT2D eigenvalue weighted by atomic mass is 16.2. The molecule has 132 valence electrons. The number of hydrogen-bond donors (Lipinski definition) is 1. The van der Waals surface area contributed by atoms with Crippen molar-refractivity contribution in [2.45, 2.75) is 96.1 Å². The standard InChI is InChI=1S/C19H34N2O2/c1-2-9-16(21-15-8-4-7-12-19(21)23)13-14-20-17-10-5-3-6-11-18(17)22/h16-17,20H,2-15H2,1H3. The Kier molecular flexibility index (Phi) is 8.07. The van der Waals surface area contributed by atoms with Crippen LogP contribution in [0.1, 0.15) is 84.0 Å². The van der Waals surface area contributed by atoms with E-state index in [-0.39, 0.29) is 6.04 Å². The fraction of sp³-hybridized carbons (Fsp3) is 0.895. The van der Waals surface area contributed by atoms with E-state index in [2.05, 4.69) is 17.1 Å². The number of ketones is 1. The van der Waals surface area contributed by atoms with E-state index in [0.717, 1.165) is 77.3 Å². The molecular formula is C19H34N2O2. The third kappa shape index (κ3) is 5.91. The molecule has 1 aliphatic carbocycles. The molecule has 1 saturated heterocycles. The van der Waals surface area contributed by atoms with Crippen molar-refractivity contribution in [3.05, 3.63) is 0 Å². The average molecular weight is 322 g/mol. The van der Waals surface area contributed by atoms with Crippen molar-refractivity contribution in [3.63, 3.8) is 0 Å². The van der Waals surface area contributed by atoms with Crippen LogP contribution in [-0.4, -0.2) is 41.8 Å². The van der Waals surface area contributed by atoms with E-state index >= 15 is 0 Å². The minimum Gasteiger partial charge on any atom is -0.340 e. The van der Waals surface area contributed by atoms with Gasteiger partial charge in [0.2, 0.25) is 5.91 Å². The first kappa shape index (κ1) is 18.4. The van der Waals surface area contributed by atoms with Crippen molar-refractivity contribution >= 4 is 11.7 Å². The molecule has 0 spiro atoms. The van der Waals surface area contributed by atoms with E-state index in [0.29, 0.717) is 17.7 Å². The van der Waals surface area contributed by atoms with Crippen molar-refractivity contribution in [3.8, 4) is 0 Å². The molecule has 2 unspecified atom stereocenters. The highest BCUT2D eigenvalue weighted by Gasteiger charge is 2.25. The number of carbonyl (C=O) groups is 2. The first-order valence-electron chi connectivity index (χ1n) is 9.78. The Morgan fingerprint density at radius 1 is 1.04 bits per heavy atom. The summed E-state index contributed by atoms with van der Waals surface area (Å²) in [6.45, 7) is 3.97. The second-order valence-corrected chi connectivity index (χ2v) is 7.20. The van der Waals surface area contributed by atoms with Gasteiger partial charge < -0.3 is 10.2 Å². The quantitative estimate of drug-likeness (QED) is 0.731. The number of amides is 1. The Hall–Kier alpha value is -0.900. The number of likely N-dealkylation sites (tertiary alicyclic amines) is 1. The molecular weight excluding hydrogens is 288 g/mol. The molecule has 23 heavy (non-hydrogen) atoms. The van der Waals surface area contributed by atoms with Gasteiger partial charge >= 0.3 is 0 Å². The topological polar surface area (TPSA) is 49.4 Å². The van der Waals surface area contributed by atoms with Crippen LogP contribution in [0, 0.1) is 0 Å². The number of Topliss-reactive ketones (excluding diaryl/α,β-unsaturated/α-hetero) is 1. The second kappa shape index (κ2) is 10.1. The molecule has 0 aromatic rings. The molecule has 2 atom stereocenters.